The summed E-state index contributed by atoms with van der Waals surface area (Å²) >= 11 is 0. The van der Waals surface area contributed by atoms with Crippen LogP contribution < -0.4 is 5.73 Å². The molecule has 2 heteroatoms. The first-order valence-electron chi connectivity index (χ1n) is 6.60. The first-order valence-corrected chi connectivity index (χ1v) is 6.60. The molecular weight excluding hydrogens is 208 g/mol. The fourth-order valence-corrected chi connectivity index (χ4v) is 2.42. The zero-order valence-corrected chi connectivity index (χ0v) is 11.0. The van der Waals surface area contributed by atoms with Gasteiger partial charge in [0.25, 0.3) is 0 Å². The van der Waals surface area contributed by atoms with Crippen molar-refractivity contribution in [1.29, 1.82) is 0 Å². The van der Waals surface area contributed by atoms with Crippen LogP contribution in [0.2, 0.25) is 0 Å². The standard InChI is InChI=1S/C15H24N2/c1-15(2)8-10-17(11-9-15)12-14(16)13-6-4-3-5-7-13/h3-7,14H,8-12,16H2,1-2H3. The van der Waals surface area contributed by atoms with E-state index in [-0.39, 0.29) is 6.04 Å². The second-order valence-electron chi connectivity index (χ2n) is 5.98. The van der Waals surface area contributed by atoms with Crippen LogP contribution in [0, 0.1) is 5.41 Å². The molecule has 1 aromatic rings. The van der Waals surface area contributed by atoms with Gasteiger partial charge in [0.1, 0.15) is 0 Å². The van der Waals surface area contributed by atoms with Crippen molar-refractivity contribution in [2.24, 2.45) is 11.1 Å². The third kappa shape index (κ3) is 3.55. The van der Waals surface area contributed by atoms with E-state index in [4.69, 9.17) is 5.73 Å². The predicted molar refractivity (Wildman–Crippen MR) is 72.8 cm³/mol. The molecule has 2 nitrogen and oxygen atoms in total. The van der Waals surface area contributed by atoms with Gasteiger partial charge in [-0.1, -0.05) is 44.2 Å². The Kier molecular flexibility index (Phi) is 3.85. The molecule has 1 unspecified atom stereocenters. The highest BCUT2D eigenvalue weighted by Crippen LogP contribution is 2.30. The predicted octanol–water partition coefficient (Wildman–Crippen LogP) is 2.81. The molecule has 1 atom stereocenters. The van der Waals surface area contributed by atoms with Gasteiger partial charge >= 0.3 is 0 Å². The van der Waals surface area contributed by atoms with E-state index >= 15 is 0 Å². The van der Waals surface area contributed by atoms with E-state index in [1.165, 1.54) is 31.5 Å². The minimum Gasteiger partial charge on any atom is -0.323 e. The summed E-state index contributed by atoms with van der Waals surface area (Å²) in [6.07, 6.45) is 2.57. The zero-order chi connectivity index (χ0) is 12.3. The highest BCUT2D eigenvalue weighted by molar-refractivity contribution is 5.18. The lowest BCUT2D eigenvalue weighted by molar-refractivity contribution is 0.127. The van der Waals surface area contributed by atoms with Gasteiger partial charge in [0.15, 0.2) is 0 Å². The number of rotatable bonds is 3. The van der Waals surface area contributed by atoms with Crippen molar-refractivity contribution < 1.29 is 0 Å². The number of nitrogens with zero attached hydrogens (tertiary/aromatic N) is 1. The van der Waals surface area contributed by atoms with E-state index in [1.807, 2.05) is 6.07 Å². The Hall–Kier alpha value is -0.860. The van der Waals surface area contributed by atoms with Crippen molar-refractivity contribution >= 4 is 0 Å². The molecule has 1 heterocycles. The van der Waals surface area contributed by atoms with E-state index in [9.17, 15) is 0 Å². The molecule has 2 rings (SSSR count). The summed E-state index contributed by atoms with van der Waals surface area (Å²) < 4.78 is 0. The number of benzene rings is 1. The zero-order valence-electron chi connectivity index (χ0n) is 11.0. The summed E-state index contributed by atoms with van der Waals surface area (Å²) in [5.41, 5.74) is 8.02. The molecule has 94 valence electrons. The largest absolute Gasteiger partial charge is 0.323 e. The second kappa shape index (κ2) is 5.19. The normalized spacial score (nSPS) is 22.3. The number of nitrogens with two attached hydrogens (primary N) is 1. The van der Waals surface area contributed by atoms with Crippen LogP contribution in [0.5, 0.6) is 0 Å². The summed E-state index contributed by atoms with van der Waals surface area (Å²) in [5, 5.41) is 0. The average molecular weight is 232 g/mol. The smallest absolute Gasteiger partial charge is 0.0424 e. The SMILES string of the molecule is CC1(C)CCN(CC(N)c2ccccc2)CC1. The lowest BCUT2D eigenvalue weighted by Gasteiger charge is -2.37. The minimum atomic E-state index is 0.150. The summed E-state index contributed by atoms with van der Waals surface area (Å²) in [6.45, 7) is 8.09. The molecule has 0 radical (unpaired) electrons. The van der Waals surface area contributed by atoms with E-state index in [1.54, 1.807) is 0 Å². The molecule has 0 bridgehead atoms. The van der Waals surface area contributed by atoms with E-state index in [2.05, 4.69) is 43.0 Å². The Morgan fingerprint density at radius 2 is 1.76 bits per heavy atom. The van der Waals surface area contributed by atoms with Gasteiger partial charge in [0, 0.05) is 12.6 Å². The Bertz CT molecular complexity index is 335. The maximum absolute atomic E-state index is 6.25. The monoisotopic (exact) mass is 232 g/mol. The second-order valence-corrected chi connectivity index (χ2v) is 5.98. The lowest BCUT2D eigenvalue weighted by atomic mass is 9.82. The quantitative estimate of drug-likeness (QED) is 0.868. The molecule has 0 aromatic heterocycles. The van der Waals surface area contributed by atoms with Crippen molar-refractivity contribution in [2.45, 2.75) is 32.7 Å². The summed E-state index contributed by atoms with van der Waals surface area (Å²) in [5.74, 6) is 0. The molecule has 0 saturated carbocycles. The fourth-order valence-electron chi connectivity index (χ4n) is 2.42. The highest BCUT2D eigenvalue weighted by Gasteiger charge is 2.26. The van der Waals surface area contributed by atoms with Crippen molar-refractivity contribution in [1.82, 2.24) is 4.90 Å². The molecule has 0 spiro atoms. The van der Waals surface area contributed by atoms with Gasteiger partial charge in [-0.05, 0) is 36.9 Å². The molecule has 1 aliphatic rings. The van der Waals surface area contributed by atoms with Crippen molar-refractivity contribution in [3.63, 3.8) is 0 Å². The molecule has 1 fully saturated rings. The highest BCUT2D eigenvalue weighted by atomic mass is 15.1. The summed E-state index contributed by atoms with van der Waals surface area (Å²) in [7, 11) is 0. The van der Waals surface area contributed by atoms with Crippen LogP contribution in [-0.4, -0.2) is 24.5 Å². The summed E-state index contributed by atoms with van der Waals surface area (Å²) in [4.78, 5) is 2.50. The molecule has 1 aromatic carbocycles. The molecule has 0 amide bonds. The van der Waals surface area contributed by atoms with Crippen LogP contribution in [0.1, 0.15) is 38.3 Å². The van der Waals surface area contributed by atoms with E-state index in [0.29, 0.717) is 5.41 Å². The first-order chi connectivity index (χ1) is 8.07. The third-order valence-corrected chi connectivity index (χ3v) is 3.89. The van der Waals surface area contributed by atoms with E-state index < -0.39 is 0 Å². The Balaban J connectivity index is 1.86. The van der Waals surface area contributed by atoms with Crippen LogP contribution in [0.25, 0.3) is 0 Å². The molecule has 17 heavy (non-hydrogen) atoms. The first kappa shape index (κ1) is 12.6. The number of piperidine rings is 1. The summed E-state index contributed by atoms with van der Waals surface area (Å²) in [6, 6.07) is 10.6. The van der Waals surface area contributed by atoms with E-state index in [0.717, 1.165) is 6.54 Å². The van der Waals surface area contributed by atoms with Crippen LogP contribution in [-0.2, 0) is 0 Å². The van der Waals surface area contributed by atoms with Crippen LogP contribution >= 0.6 is 0 Å². The van der Waals surface area contributed by atoms with Gasteiger partial charge < -0.3 is 10.6 Å². The molecule has 1 saturated heterocycles. The molecule has 0 aliphatic carbocycles. The van der Waals surface area contributed by atoms with Gasteiger partial charge in [-0.25, -0.2) is 0 Å². The average Bonchev–Trinajstić information content (AvgIpc) is 2.33. The van der Waals surface area contributed by atoms with Crippen LogP contribution in [0.15, 0.2) is 30.3 Å². The Morgan fingerprint density at radius 3 is 2.35 bits per heavy atom. The number of hydrogen-bond donors (Lipinski definition) is 1. The lowest BCUT2D eigenvalue weighted by Crippen LogP contribution is -2.40. The fraction of sp³-hybridized carbons (Fsp3) is 0.600. The van der Waals surface area contributed by atoms with Gasteiger partial charge in [-0.3, -0.25) is 0 Å². The van der Waals surface area contributed by atoms with Gasteiger partial charge in [0.2, 0.25) is 0 Å². The van der Waals surface area contributed by atoms with Crippen molar-refractivity contribution in [3.8, 4) is 0 Å². The number of hydrogen-bond acceptors (Lipinski definition) is 2. The van der Waals surface area contributed by atoms with Crippen molar-refractivity contribution in [2.75, 3.05) is 19.6 Å². The molecule has 1 aliphatic heterocycles. The minimum absolute atomic E-state index is 0.150. The Morgan fingerprint density at radius 1 is 1.18 bits per heavy atom. The third-order valence-electron chi connectivity index (χ3n) is 3.89. The van der Waals surface area contributed by atoms with Gasteiger partial charge in [-0.2, -0.15) is 0 Å². The van der Waals surface area contributed by atoms with Crippen LogP contribution in [0.3, 0.4) is 0 Å². The topological polar surface area (TPSA) is 29.3 Å². The maximum Gasteiger partial charge on any atom is 0.0424 e. The van der Waals surface area contributed by atoms with Gasteiger partial charge in [0.05, 0.1) is 0 Å². The maximum atomic E-state index is 6.25. The number of likely N-dealkylation sites (tertiary alicyclic amines) is 1. The molecule has 2 N–H and O–H groups in total. The molecular formula is C15H24N2. The van der Waals surface area contributed by atoms with Gasteiger partial charge in [-0.15, -0.1) is 0 Å². The van der Waals surface area contributed by atoms with Crippen LogP contribution in [0.4, 0.5) is 0 Å². The Labute approximate surface area is 105 Å². The van der Waals surface area contributed by atoms with Crippen molar-refractivity contribution in [3.05, 3.63) is 35.9 Å².